The van der Waals surface area contributed by atoms with Gasteiger partial charge in [0.25, 0.3) is 0 Å². The molecule has 0 aromatic heterocycles. The lowest BCUT2D eigenvalue weighted by molar-refractivity contribution is 1.31. The summed E-state index contributed by atoms with van der Waals surface area (Å²) in [6, 6.07) is 184. The zero-order valence-corrected chi connectivity index (χ0v) is 69.1. The Balaban J connectivity index is 0.776. The number of hydrogen-bond donors (Lipinski definition) is 0. The fraction of sp³-hybridized carbons (Fsp3) is 0. The zero-order chi connectivity index (χ0) is 83.4. The van der Waals surface area contributed by atoms with Crippen molar-refractivity contribution in [2.24, 2.45) is 0 Å². The first-order valence-electron chi connectivity index (χ1n) is 43.4. The lowest BCUT2D eigenvalue weighted by atomic mass is 9.84. The van der Waals surface area contributed by atoms with Crippen molar-refractivity contribution in [3.05, 3.63) is 497 Å². The molecule has 23 aromatic rings. The van der Waals surface area contributed by atoms with Crippen LogP contribution in [0.3, 0.4) is 0 Å². The number of hydrogen-bond acceptors (Lipinski definition) is 4. The number of rotatable bonds is 18. The minimum Gasteiger partial charge on any atom is -0.309 e. The molecule has 23 rings (SSSR count). The van der Waals surface area contributed by atoms with E-state index < -0.39 is 0 Å². The van der Waals surface area contributed by atoms with Crippen molar-refractivity contribution in [3.63, 3.8) is 0 Å². The Bertz CT molecular complexity index is 6740. The van der Waals surface area contributed by atoms with Crippen LogP contribution in [0, 0.1) is 0 Å². The lowest BCUT2D eigenvalue weighted by Crippen LogP contribution is -2.11. The summed E-state index contributed by atoms with van der Waals surface area (Å²) in [5.41, 5.74) is 26.7. The van der Waals surface area contributed by atoms with Gasteiger partial charge in [0.1, 0.15) is 0 Å². The highest BCUT2D eigenvalue weighted by Gasteiger charge is 2.30. The van der Waals surface area contributed by atoms with Crippen molar-refractivity contribution in [2.75, 3.05) is 19.6 Å². The first-order valence-corrected chi connectivity index (χ1v) is 43.4. The molecule has 126 heavy (non-hydrogen) atoms. The van der Waals surface area contributed by atoms with Crippen molar-refractivity contribution < 1.29 is 0 Å². The van der Waals surface area contributed by atoms with E-state index >= 15 is 0 Å². The molecule has 0 radical (unpaired) electrons. The summed E-state index contributed by atoms with van der Waals surface area (Å²) in [4.78, 5) is 9.79. The summed E-state index contributed by atoms with van der Waals surface area (Å²) in [7, 11) is 0. The van der Waals surface area contributed by atoms with Crippen LogP contribution in [0.5, 0.6) is 0 Å². The number of nitrogens with zero attached hydrogens (tertiary/aromatic N) is 4. The molecule has 0 fully saturated rings. The molecular weight excluding hydrogens is 1520 g/mol. The fourth-order valence-corrected chi connectivity index (χ4v) is 19.9. The predicted molar refractivity (Wildman–Crippen MR) is 538 cm³/mol. The summed E-state index contributed by atoms with van der Waals surface area (Å²) >= 11 is 0. The summed E-state index contributed by atoms with van der Waals surface area (Å²) in [6.07, 6.45) is 0. The van der Waals surface area contributed by atoms with Crippen LogP contribution in [-0.2, 0) is 0 Å². The van der Waals surface area contributed by atoms with Gasteiger partial charge in [-0.1, -0.05) is 364 Å². The van der Waals surface area contributed by atoms with E-state index in [-0.39, 0.29) is 0 Å². The minimum absolute atomic E-state index is 1.08. The zero-order valence-electron chi connectivity index (χ0n) is 69.1. The van der Waals surface area contributed by atoms with Gasteiger partial charge in [-0.3, -0.25) is 0 Å². The maximum Gasteiger partial charge on any atom is 0.0618 e. The van der Waals surface area contributed by atoms with Gasteiger partial charge < -0.3 is 19.6 Å². The molecule has 4 nitrogen and oxygen atoms in total. The number of anilines is 12. The standard InChI is InChI=1S/C122H82N4/c1-9-41-91(42-10-1)123(92-43-11-2-12-44-92)119-107-65-33-25-57-99(107)115(100-58-26-34-66-108(100)119)87-77-85(78-88(81-87)116-101-59-27-35-67-109(101)120(110-68-36-28-60-102(110)116)124(93-45-13-3-14-46-93)94-47-15-4-16-48-94)83-73-75-84(76-74-83)86-79-89(117-103-61-29-37-69-111(103)121(112-70-38-30-62-104(112)117)125(95-49-17-5-18-50-95)96-51-19-6-20-52-96)82-90(80-86)118-105-63-31-39-71-113(105)122(114-72-40-32-64-106(114)118)126(97-53-21-7-22-54-97)98-55-23-8-24-56-98/h1-82H. The molecule has 0 aliphatic heterocycles. The van der Waals surface area contributed by atoms with Gasteiger partial charge in [0.15, 0.2) is 0 Å². The lowest BCUT2D eigenvalue weighted by Gasteiger charge is -2.30. The van der Waals surface area contributed by atoms with E-state index in [2.05, 4.69) is 517 Å². The second kappa shape index (κ2) is 32.1. The van der Waals surface area contributed by atoms with Crippen molar-refractivity contribution in [1.29, 1.82) is 0 Å². The quantitative estimate of drug-likeness (QED) is 0.0794. The average Bonchev–Trinajstić information content (AvgIpc) is 0.713. The molecule has 0 amide bonds. The van der Waals surface area contributed by atoms with Crippen LogP contribution in [0.25, 0.3) is 153 Å². The molecule has 0 unspecified atom stereocenters. The first-order chi connectivity index (χ1) is 62.6. The average molecular weight is 1600 g/mol. The highest BCUT2D eigenvalue weighted by atomic mass is 15.2. The molecular formula is C122H82N4. The number of fused-ring (bicyclic) bond motifs is 8. The van der Waals surface area contributed by atoms with Gasteiger partial charge >= 0.3 is 0 Å². The van der Waals surface area contributed by atoms with Crippen LogP contribution in [0.2, 0.25) is 0 Å². The smallest absolute Gasteiger partial charge is 0.0618 e. The Morgan fingerprint density at radius 2 is 0.214 bits per heavy atom. The van der Waals surface area contributed by atoms with Gasteiger partial charge in [-0.05, 0) is 243 Å². The number of para-hydroxylation sites is 8. The molecule has 23 aromatic carbocycles. The SMILES string of the molecule is c1ccc(N(c2ccccc2)c2c3ccccc3c(-c3cc(-c4ccc(-c5cc(-c6c7ccccc7c(N(c7ccccc7)c7ccccc7)c7ccccc67)cc(-c6c7ccccc7c(N(c7ccccc7)c7ccccc7)c7ccccc67)c5)cc4)cc(-c4c5ccccc5c(N(c5ccccc5)c5ccccc5)c5ccccc45)c3)c3ccccc23)cc1. The van der Waals surface area contributed by atoms with Gasteiger partial charge in [-0.15, -0.1) is 0 Å². The van der Waals surface area contributed by atoms with Gasteiger partial charge in [0.2, 0.25) is 0 Å². The summed E-state index contributed by atoms with van der Waals surface area (Å²) in [5.74, 6) is 0. The van der Waals surface area contributed by atoms with E-state index in [1.807, 2.05) is 0 Å². The second-order valence-corrected chi connectivity index (χ2v) is 32.5. The highest BCUT2D eigenvalue weighted by molar-refractivity contribution is 6.28. The largest absolute Gasteiger partial charge is 0.309 e. The fourth-order valence-electron chi connectivity index (χ4n) is 19.9. The molecule has 0 N–H and O–H groups in total. The van der Waals surface area contributed by atoms with Crippen LogP contribution in [0.1, 0.15) is 0 Å². The van der Waals surface area contributed by atoms with E-state index in [9.17, 15) is 0 Å². The molecule has 0 saturated heterocycles. The van der Waals surface area contributed by atoms with Crippen LogP contribution in [-0.4, -0.2) is 0 Å². The van der Waals surface area contributed by atoms with Crippen molar-refractivity contribution in [2.45, 2.75) is 0 Å². The Kier molecular flexibility index (Phi) is 18.9. The maximum absolute atomic E-state index is 2.49. The first kappa shape index (κ1) is 74.4. The molecule has 0 spiro atoms. The van der Waals surface area contributed by atoms with Gasteiger partial charge in [-0.25, -0.2) is 0 Å². The third kappa shape index (κ3) is 13.0. The third-order valence-electron chi connectivity index (χ3n) is 25.2. The monoisotopic (exact) mass is 1600 g/mol. The highest BCUT2D eigenvalue weighted by Crippen LogP contribution is 2.56. The van der Waals surface area contributed by atoms with Gasteiger partial charge in [-0.2, -0.15) is 0 Å². The maximum atomic E-state index is 2.49. The summed E-state index contributed by atoms with van der Waals surface area (Å²) < 4.78 is 0. The third-order valence-corrected chi connectivity index (χ3v) is 25.2. The van der Waals surface area contributed by atoms with E-state index in [0.29, 0.717) is 0 Å². The van der Waals surface area contributed by atoms with Crippen molar-refractivity contribution in [1.82, 2.24) is 0 Å². The van der Waals surface area contributed by atoms with Crippen LogP contribution in [0.4, 0.5) is 68.2 Å². The van der Waals surface area contributed by atoms with Gasteiger partial charge in [0, 0.05) is 88.6 Å². The normalized spacial score (nSPS) is 11.5. The molecule has 0 saturated carbocycles. The Morgan fingerprint density at radius 3 is 0.357 bits per heavy atom. The second-order valence-electron chi connectivity index (χ2n) is 32.5. The predicted octanol–water partition coefficient (Wildman–Crippen LogP) is 34.8. The molecule has 0 heterocycles. The Morgan fingerprint density at radius 1 is 0.0952 bits per heavy atom. The van der Waals surface area contributed by atoms with Crippen LogP contribution < -0.4 is 19.6 Å². The Labute approximate surface area is 733 Å². The minimum atomic E-state index is 1.08. The summed E-state index contributed by atoms with van der Waals surface area (Å²) in [6.45, 7) is 0. The molecule has 4 heteroatoms. The molecule has 0 atom stereocenters. The van der Waals surface area contributed by atoms with E-state index in [4.69, 9.17) is 0 Å². The number of benzene rings is 23. The van der Waals surface area contributed by atoms with E-state index in [1.54, 1.807) is 0 Å². The van der Waals surface area contributed by atoms with Crippen molar-refractivity contribution in [3.8, 4) is 66.8 Å². The molecule has 0 aliphatic rings. The Hall–Kier alpha value is -16.7. The van der Waals surface area contributed by atoms with Crippen LogP contribution >= 0.6 is 0 Å². The van der Waals surface area contributed by atoms with E-state index in [0.717, 1.165) is 199 Å². The topological polar surface area (TPSA) is 13.0 Å². The molecule has 0 aliphatic carbocycles. The molecule has 0 bridgehead atoms. The molecule has 590 valence electrons. The van der Waals surface area contributed by atoms with Crippen molar-refractivity contribution >= 4 is 154 Å². The van der Waals surface area contributed by atoms with E-state index in [1.165, 1.54) is 22.3 Å². The van der Waals surface area contributed by atoms with Crippen LogP contribution in [0.15, 0.2) is 497 Å². The van der Waals surface area contributed by atoms with Gasteiger partial charge in [0.05, 0.1) is 22.7 Å². The summed E-state index contributed by atoms with van der Waals surface area (Å²) in [5, 5.41) is 18.4.